The molecule has 0 unspecified atom stereocenters. The minimum Gasteiger partial charge on any atom is -0.488 e. The number of rotatable bonds is 8. The SMILES string of the molecule is CC(C)OC(=O)CN1C(=O)S/C(=C\c2cc(Br)ccc2OCc2ccc([N+](=O)[O-])cc2)C1=O. The van der Waals surface area contributed by atoms with Crippen molar-refractivity contribution in [1.82, 2.24) is 4.90 Å². The third kappa shape index (κ3) is 6.42. The number of amides is 2. The van der Waals surface area contributed by atoms with Crippen LogP contribution in [0.15, 0.2) is 51.8 Å². The van der Waals surface area contributed by atoms with Crippen LogP contribution in [-0.2, 0) is 20.9 Å². The van der Waals surface area contributed by atoms with Crippen molar-refractivity contribution in [3.8, 4) is 5.75 Å². The van der Waals surface area contributed by atoms with Gasteiger partial charge in [-0.05, 0) is 67.6 Å². The highest BCUT2D eigenvalue weighted by molar-refractivity contribution is 9.10. The van der Waals surface area contributed by atoms with Crippen LogP contribution in [0.5, 0.6) is 5.75 Å². The highest BCUT2D eigenvalue weighted by Crippen LogP contribution is 2.35. The van der Waals surface area contributed by atoms with Gasteiger partial charge in [-0.1, -0.05) is 15.9 Å². The van der Waals surface area contributed by atoms with Crippen LogP contribution in [0, 0.1) is 10.1 Å². The third-order valence-corrected chi connectivity index (χ3v) is 5.73. The molecule has 1 aliphatic rings. The van der Waals surface area contributed by atoms with Crippen LogP contribution in [0.2, 0.25) is 0 Å². The minimum atomic E-state index is -0.664. The molecule has 3 rings (SSSR count). The maximum Gasteiger partial charge on any atom is 0.326 e. The second-order valence-corrected chi connectivity index (χ2v) is 9.11. The Morgan fingerprint density at radius 2 is 1.91 bits per heavy atom. The summed E-state index contributed by atoms with van der Waals surface area (Å²) in [7, 11) is 0. The number of hydrogen-bond acceptors (Lipinski definition) is 8. The Balaban J connectivity index is 1.77. The quantitative estimate of drug-likeness (QED) is 0.202. The fourth-order valence-electron chi connectivity index (χ4n) is 2.85. The Kier molecular flexibility index (Phi) is 7.88. The molecule has 2 amide bonds. The summed E-state index contributed by atoms with van der Waals surface area (Å²) in [6.45, 7) is 3.04. The normalized spacial score (nSPS) is 14.8. The van der Waals surface area contributed by atoms with Gasteiger partial charge in [0.15, 0.2) is 0 Å². The number of nitro benzene ring substituents is 1. The molecule has 1 heterocycles. The fraction of sp³-hybridized carbons (Fsp3) is 0.227. The third-order valence-electron chi connectivity index (χ3n) is 4.33. The summed E-state index contributed by atoms with van der Waals surface area (Å²) in [6, 6.07) is 11.2. The molecule has 11 heteroatoms. The molecule has 0 radical (unpaired) electrons. The Labute approximate surface area is 202 Å². The van der Waals surface area contributed by atoms with Crippen LogP contribution in [-0.4, -0.2) is 39.6 Å². The molecular formula is C22H19BrN2O7S. The second kappa shape index (κ2) is 10.6. The molecule has 33 heavy (non-hydrogen) atoms. The van der Waals surface area contributed by atoms with E-state index in [9.17, 15) is 24.5 Å². The van der Waals surface area contributed by atoms with Crippen LogP contribution in [0.25, 0.3) is 6.08 Å². The van der Waals surface area contributed by atoms with Gasteiger partial charge in [-0.25, -0.2) is 0 Å². The number of imide groups is 1. The molecule has 0 atom stereocenters. The number of carbonyl (C=O) groups excluding carboxylic acids is 3. The Hall–Kier alpha value is -3.18. The molecule has 0 N–H and O–H groups in total. The van der Waals surface area contributed by atoms with E-state index in [4.69, 9.17) is 9.47 Å². The summed E-state index contributed by atoms with van der Waals surface area (Å²) < 4.78 is 11.6. The standard InChI is InChI=1S/C22H19BrN2O7S/c1-13(2)32-20(26)11-24-21(27)19(33-22(24)28)10-15-9-16(23)5-8-18(15)31-12-14-3-6-17(7-4-14)25(29)30/h3-10,13H,11-12H2,1-2H3/b19-10-. The number of halogens is 1. The van der Waals surface area contributed by atoms with Gasteiger partial charge in [0.1, 0.15) is 18.9 Å². The van der Waals surface area contributed by atoms with Gasteiger partial charge in [0.25, 0.3) is 16.8 Å². The molecule has 2 aromatic carbocycles. The number of nitro groups is 1. The molecular weight excluding hydrogens is 516 g/mol. The van der Waals surface area contributed by atoms with Crippen molar-refractivity contribution in [2.45, 2.75) is 26.6 Å². The zero-order chi connectivity index (χ0) is 24.1. The molecule has 1 fully saturated rings. The number of nitrogens with zero attached hydrogens (tertiary/aromatic N) is 2. The molecule has 0 aliphatic carbocycles. The van der Waals surface area contributed by atoms with Gasteiger partial charge in [-0.3, -0.25) is 29.4 Å². The monoisotopic (exact) mass is 534 g/mol. The molecule has 1 saturated heterocycles. The minimum absolute atomic E-state index is 0.0175. The Morgan fingerprint density at radius 3 is 2.55 bits per heavy atom. The summed E-state index contributed by atoms with van der Waals surface area (Å²) in [4.78, 5) is 48.2. The number of hydrogen-bond donors (Lipinski definition) is 0. The van der Waals surface area contributed by atoms with Crippen molar-refractivity contribution in [3.05, 3.63) is 73.1 Å². The van der Waals surface area contributed by atoms with Crippen LogP contribution >= 0.6 is 27.7 Å². The molecule has 0 spiro atoms. The van der Waals surface area contributed by atoms with Crippen molar-refractivity contribution < 1.29 is 28.8 Å². The number of benzene rings is 2. The van der Waals surface area contributed by atoms with Crippen molar-refractivity contribution in [1.29, 1.82) is 0 Å². The molecule has 2 aromatic rings. The van der Waals surface area contributed by atoms with Crippen molar-refractivity contribution in [2.24, 2.45) is 0 Å². The van der Waals surface area contributed by atoms with Crippen LogP contribution in [0.1, 0.15) is 25.0 Å². The molecule has 9 nitrogen and oxygen atoms in total. The first-order valence-corrected chi connectivity index (χ1v) is 11.4. The van der Waals surface area contributed by atoms with E-state index in [1.54, 1.807) is 44.2 Å². The molecule has 0 aromatic heterocycles. The fourth-order valence-corrected chi connectivity index (χ4v) is 4.05. The topological polar surface area (TPSA) is 116 Å². The van der Waals surface area contributed by atoms with E-state index in [0.29, 0.717) is 11.3 Å². The zero-order valence-electron chi connectivity index (χ0n) is 17.6. The van der Waals surface area contributed by atoms with Crippen molar-refractivity contribution in [3.63, 3.8) is 0 Å². The summed E-state index contributed by atoms with van der Waals surface area (Å²) >= 11 is 4.11. The lowest BCUT2D eigenvalue weighted by molar-refractivity contribution is -0.384. The summed E-state index contributed by atoms with van der Waals surface area (Å²) in [6.07, 6.45) is 1.17. The zero-order valence-corrected chi connectivity index (χ0v) is 20.1. The largest absolute Gasteiger partial charge is 0.488 e. The van der Waals surface area contributed by atoms with E-state index >= 15 is 0 Å². The first-order valence-electron chi connectivity index (χ1n) is 9.74. The molecule has 0 saturated carbocycles. The van der Waals surface area contributed by atoms with Crippen LogP contribution in [0.3, 0.4) is 0 Å². The molecule has 0 bridgehead atoms. The van der Waals surface area contributed by atoms with Gasteiger partial charge in [0.05, 0.1) is 15.9 Å². The van der Waals surface area contributed by atoms with Crippen LogP contribution in [0.4, 0.5) is 10.5 Å². The van der Waals surface area contributed by atoms with E-state index in [1.165, 1.54) is 18.2 Å². The Bertz CT molecular complexity index is 1130. The van der Waals surface area contributed by atoms with Gasteiger partial charge in [-0.2, -0.15) is 0 Å². The van der Waals surface area contributed by atoms with Gasteiger partial charge < -0.3 is 9.47 Å². The number of carbonyl (C=O) groups is 3. The highest BCUT2D eigenvalue weighted by Gasteiger charge is 2.37. The summed E-state index contributed by atoms with van der Waals surface area (Å²) in [5.41, 5.74) is 1.25. The van der Waals surface area contributed by atoms with E-state index in [-0.39, 0.29) is 23.3 Å². The van der Waals surface area contributed by atoms with Gasteiger partial charge in [0.2, 0.25) is 0 Å². The van der Waals surface area contributed by atoms with E-state index in [1.807, 2.05) is 0 Å². The summed E-state index contributed by atoms with van der Waals surface area (Å²) in [5, 5.41) is 10.2. The number of ether oxygens (including phenoxy) is 2. The molecule has 172 valence electrons. The van der Waals surface area contributed by atoms with Crippen LogP contribution < -0.4 is 4.74 Å². The lowest BCUT2D eigenvalue weighted by Crippen LogP contribution is -2.35. The smallest absolute Gasteiger partial charge is 0.326 e. The second-order valence-electron chi connectivity index (χ2n) is 7.20. The van der Waals surface area contributed by atoms with Gasteiger partial charge >= 0.3 is 5.97 Å². The van der Waals surface area contributed by atoms with E-state index < -0.39 is 28.6 Å². The van der Waals surface area contributed by atoms with Gasteiger partial charge in [0, 0.05) is 22.2 Å². The van der Waals surface area contributed by atoms with Gasteiger partial charge in [-0.15, -0.1) is 0 Å². The average molecular weight is 535 g/mol. The molecule has 1 aliphatic heterocycles. The summed E-state index contributed by atoms with van der Waals surface area (Å²) in [5.74, 6) is -0.808. The predicted octanol–water partition coefficient (Wildman–Crippen LogP) is 4.92. The maximum absolute atomic E-state index is 12.7. The van der Waals surface area contributed by atoms with E-state index in [2.05, 4.69) is 15.9 Å². The predicted molar refractivity (Wildman–Crippen MR) is 125 cm³/mol. The number of esters is 1. The first-order chi connectivity index (χ1) is 15.6. The maximum atomic E-state index is 12.7. The highest BCUT2D eigenvalue weighted by atomic mass is 79.9. The van der Waals surface area contributed by atoms with E-state index in [0.717, 1.165) is 26.7 Å². The lowest BCUT2D eigenvalue weighted by Gasteiger charge is -2.13. The first kappa shape index (κ1) is 24.5. The van der Waals surface area contributed by atoms with Crippen molar-refractivity contribution in [2.75, 3.05) is 6.54 Å². The van der Waals surface area contributed by atoms with Crippen molar-refractivity contribution >= 4 is 56.6 Å². The lowest BCUT2D eigenvalue weighted by atomic mass is 10.1. The average Bonchev–Trinajstić information content (AvgIpc) is 3.00. The number of non-ortho nitro benzene ring substituents is 1. The Morgan fingerprint density at radius 1 is 1.21 bits per heavy atom. The number of thioether (sulfide) groups is 1.